The molecular weight excluding hydrogens is 276 g/mol. The lowest BCUT2D eigenvalue weighted by Crippen LogP contribution is -2.14. The summed E-state index contributed by atoms with van der Waals surface area (Å²) in [5, 5.41) is 5.52. The van der Waals surface area contributed by atoms with Gasteiger partial charge in [0.2, 0.25) is 0 Å². The number of thiazole rings is 1. The highest BCUT2D eigenvalue weighted by molar-refractivity contribution is 7.13. The van der Waals surface area contributed by atoms with Gasteiger partial charge in [-0.25, -0.2) is 9.97 Å². The van der Waals surface area contributed by atoms with Gasteiger partial charge in [0.25, 0.3) is 11.3 Å². The Bertz CT molecular complexity index is 802. The van der Waals surface area contributed by atoms with Gasteiger partial charge in [0.1, 0.15) is 5.82 Å². The van der Waals surface area contributed by atoms with E-state index in [4.69, 9.17) is 5.73 Å². The van der Waals surface area contributed by atoms with E-state index in [1.807, 2.05) is 5.38 Å². The normalized spacial score (nSPS) is 11.2. The molecule has 0 fully saturated rings. The van der Waals surface area contributed by atoms with Crippen LogP contribution in [0.2, 0.25) is 0 Å². The summed E-state index contributed by atoms with van der Waals surface area (Å²) in [6.45, 7) is 1.78. The first-order chi connectivity index (χ1) is 9.61. The molecule has 0 aliphatic carbocycles. The van der Waals surface area contributed by atoms with Gasteiger partial charge in [0.05, 0.1) is 5.69 Å². The van der Waals surface area contributed by atoms with Crippen LogP contribution in [0.4, 0.5) is 5.13 Å². The van der Waals surface area contributed by atoms with Crippen molar-refractivity contribution in [3.8, 4) is 0 Å². The predicted molar refractivity (Wildman–Crippen MR) is 76.9 cm³/mol. The van der Waals surface area contributed by atoms with Crippen LogP contribution in [0.5, 0.6) is 0 Å². The van der Waals surface area contributed by atoms with Crippen molar-refractivity contribution >= 4 is 22.2 Å². The average Bonchev–Trinajstić information content (AvgIpc) is 2.96. The Hall–Kier alpha value is -2.22. The molecule has 0 unspecified atom stereocenters. The number of nitrogens with one attached hydrogen (secondary N) is 1. The van der Waals surface area contributed by atoms with Crippen LogP contribution in [0.1, 0.15) is 23.6 Å². The van der Waals surface area contributed by atoms with Gasteiger partial charge in [-0.15, -0.1) is 11.3 Å². The number of nitrogen functional groups attached to an aromatic ring is 1. The molecule has 0 radical (unpaired) electrons. The summed E-state index contributed by atoms with van der Waals surface area (Å²) < 4.78 is 1.36. The van der Waals surface area contributed by atoms with E-state index in [1.165, 1.54) is 21.9 Å². The van der Waals surface area contributed by atoms with Crippen molar-refractivity contribution in [1.29, 1.82) is 0 Å². The number of anilines is 1. The molecule has 3 aromatic rings. The number of rotatable bonds is 4. The molecule has 0 saturated heterocycles. The second-order valence-corrected chi connectivity index (χ2v) is 5.46. The molecule has 3 heterocycles. The Kier molecular flexibility index (Phi) is 3.23. The molecular formula is C12H14N6OS. The minimum atomic E-state index is -0.140. The topological polar surface area (TPSA) is 102 Å². The maximum Gasteiger partial charge on any atom is 0.274 e. The van der Waals surface area contributed by atoms with Crippen LogP contribution in [0.3, 0.4) is 0 Å². The maximum absolute atomic E-state index is 11.7. The lowest BCUT2D eigenvalue weighted by atomic mass is 10.2. The van der Waals surface area contributed by atoms with E-state index in [2.05, 4.69) is 20.1 Å². The minimum absolute atomic E-state index is 0.140. The monoisotopic (exact) mass is 290 g/mol. The van der Waals surface area contributed by atoms with E-state index in [9.17, 15) is 4.79 Å². The summed E-state index contributed by atoms with van der Waals surface area (Å²) in [6.07, 6.45) is 2.46. The third kappa shape index (κ3) is 2.55. The minimum Gasteiger partial charge on any atom is -0.375 e. The summed E-state index contributed by atoms with van der Waals surface area (Å²) >= 11 is 1.45. The smallest absolute Gasteiger partial charge is 0.274 e. The number of fused-ring (bicyclic) bond motifs is 1. The zero-order valence-electron chi connectivity index (χ0n) is 11.0. The van der Waals surface area contributed by atoms with Crippen molar-refractivity contribution in [2.24, 2.45) is 0 Å². The van der Waals surface area contributed by atoms with Crippen molar-refractivity contribution in [2.45, 2.75) is 26.2 Å². The molecule has 8 heteroatoms. The van der Waals surface area contributed by atoms with Gasteiger partial charge in [-0.3, -0.25) is 9.89 Å². The Morgan fingerprint density at radius 2 is 2.20 bits per heavy atom. The first kappa shape index (κ1) is 12.8. The molecule has 7 nitrogen and oxygen atoms in total. The van der Waals surface area contributed by atoms with Crippen molar-refractivity contribution in [3.05, 3.63) is 39.0 Å². The van der Waals surface area contributed by atoms with E-state index in [1.54, 1.807) is 6.92 Å². The molecule has 20 heavy (non-hydrogen) atoms. The number of hydrogen-bond donors (Lipinski definition) is 2. The lowest BCUT2D eigenvalue weighted by molar-refractivity contribution is 0.751. The first-order valence-corrected chi connectivity index (χ1v) is 7.15. The molecule has 0 spiro atoms. The molecule has 3 aromatic heterocycles. The molecule has 104 valence electrons. The summed E-state index contributed by atoms with van der Waals surface area (Å²) in [5.74, 6) is 1.17. The van der Waals surface area contributed by atoms with Crippen molar-refractivity contribution < 1.29 is 0 Å². The van der Waals surface area contributed by atoms with Gasteiger partial charge in [0, 0.05) is 23.6 Å². The largest absolute Gasteiger partial charge is 0.375 e. The molecule has 0 aliphatic heterocycles. The third-order valence-electron chi connectivity index (χ3n) is 2.92. The number of aromatic nitrogens is 5. The third-order valence-corrected chi connectivity index (χ3v) is 3.64. The molecule has 0 aliphatic rings. The standard InChI is InChI=1S/C12H14N6OS/c1-7-5-10(19)18-12(14-7)16-9(17-18)4-2-3-8-6-20-11(13)15-8/h5-6H,2-4H2,1H3,(H2,13,15)(H,14,16,17). The zero-order chi connectivity index (χ0) is 14.1. The number of aryl methyl sites for hydroxylation is 3. The Morgan fingerprint density at radius 3 is 2.95 bits per heavy atom. The van der Waals surface area contributed by atoms with E-state index in [0.717, 1.165) is 30.8 Å². The maximum atomic E-state index is 11.7. The fourth-order valence-electron chi connectivity index (χ4n) is 2.02. The Balaban J connectivity index is 1.72. The van der Waals surface area contributed by atoms with Gasteiger partial charge in [-0.2, -0.15) is 9.50 Å². The van der Waals surface area contributed by atoms with Gasteiger partial charge in [-0.05, 0) is 19.8 Å². The van der Waals surface area contributed by atoms with E-state index in [-0.39, 0.29) is 5.56 Å². The van der Waals surface area contributed by atoms with Gasteiger partial charge < -0.3 is 5.73 Å². The van der Waals surface area contributed by atoms with E-state index >= 15 is 0 Å². The number of nitrogens with two attached hydrogens (primary N) is 1. The van der Waals surface area contributed by atoms with Crippen LogP contribution in [0.25, 0.3) is 5.78 Å². The van der Waals surface area contributed by atoms with Crippen LogP contribution < -0.4 is 11.3 Å². The van der Waals surface area contributed by atoms with E-state index in [0.29, 0.717) is 16.6 Å². The molecule has 3 rings (SSSR count). The number of aromatic amines is 1. The summed E-state index contributed by atoms with van der Waals surface area (Å²) in [5.41, 5.74) is 7.11. The summed E-state index contributed by atoms with van der Waals surface area (Å²) in [7, 11) is 0. The van der Waals surface area contributed by atoms with Gasteiger partial charge in [-0.1, -0.05) is 0 Å². The second kappa shape index (κ2) is 5.04. The lowest BCUT2D eigenvalue weighted by Gasteiger charge is -1.94. The number of hydrogen-bond acceptors (Lipinski definition) is 6. The molecule has 0 amide bonds. The number of nitrogens with zero attached hydrogens (tertiary/aromatic N) is 4. The zero-order valence-corrected chi connectivity index (χ0v) is 11.8. The fraction of sp³-hybridized carbons (Fsp3) is 0.333. The summed E-state index contributed by atoms with van der Waals surface area (Å²) in [6, 6.07) is 1.48. The van der Waals surface area contributed by atoms with Gasteiger partial charge in [0.15, 0.2) is 5.13 Å². The van der Waals surface area contributed by atoms with Crippen molar-refractivity contribution in [3.63, 3.8) is 0 Å². The number of H-pyrrole nitrogens is 1. The SMILES string of the molecule is Cc1cc(=O)n2[nH]c(CCCc3csc(N)n3)nc2n1. The van der Waals surface area contributed by atoms with Crippen molar-refractivity contribution in [1.82, 2.24) is 24.6 Å². The molecule has 3 N–H and O–H groups in total. The summed E-state index contributed by atoms with van der Waals surface area (Å²) in [4.78, 5) is 24.5. The fourth-order valence-corrected chi connectivity index (χ4v) is 2.62. The van der Waals surface area contributed by atoms with E-state index < -0.39 is 0 Å². The van der Waals surface area contributed by atoms with Crippen LogP contribution in [0.15, 0.2) is 16.2 Å². The highest BCUT2D eigenvalue weighted by atomic mass is 32.1. The van der Waals surface area contributed by atoms with Crippen LogP contribution in [0, 0.1) is 6.92 Å². The van der Waals surface area contributed by atoms with Crippen LogP contribution >= 0.6 is 11.3 Å². The quantitative estimate of drug-likeness (QED) is 0.744. The second-order valence-electron chi connectivity index (χ2n) is 4.57. The highest BCUT2D eigenvalue weighted by Gasteiger charge is 2.07. The Morgan fingerprint density at radius 1 is 1.35 bits per heavy atom. The predicted octanol–water partition coefficient (Wildman–Crippen LogP) is 0.940. The van der Waals surface area contributed by atoms with Crippen molar-refractivity contribution in [2.75, 3.05) is 5.73 Å². The van der Waals surface area contributed by atoms with Crippen LogP contribution in [-0.2, 0) is 12.8 Å². The van der Waals surface area contributed by atoms with Gasteiger partial charge >= 0.3 is 0 Å². The molecule has 0 bridgehead atoms. The highest BCUT2D eigenvalue weighted by Crippen LogP contribution is 2.13. The molecule has 0 atom stereocenters. The molecule has 0 saturated carbocycles. The Labute approximate surface area is 118 Å². The average molecular weight is 290 g/mol. The van der Waals surface area contributed by atoms with Crippen LogP contribution in [-0.4, -0.2) is 24.6 Å². The first-order valence-electron chi connectivity index (χ1n) is 6.27. The molecule has 0 aromatic carbocycles.